The Morgan fingerprint density at radius 1 is 1.22 bits per heavy atom. The molecule has 2 rings (SSSR count). The van der Waals surface area contributed by atoms with Gasteiger partial charge in [0.1, 0.15) is 5.75 Å². The topological polar surface area (TPSA) is 102 Å². The highest BCUT2D eigenvalue weighted by atomic mass is 16.6. The molecule has 0 fully saturated rings. The van der Waals surface area contributed by atoms with Gasteiger partial charge in [0.2, 0.25) is 5.91 Å². The summed E-state index contributed by atoms with van der Waals surface area (Å²) in [6.45, 7) is 3.33. The Morgan fingerprint density at radius 3 is 2.52 bits per heavy atom. The van der Waals surface area contributed by atoms with Crippen molar-refractivity contribution < 1.29 is 19.2 Å². The van der Waals surface area contributed by atoms with Crippen LogP contribution in [0.1, 0.15) is 12.5 Å². The molecule has 1 atom stereocenters. The van der Waals surface area contributed by atoms with Crippen molar-refractivity contribution in [2.45, 2.75) is 20.0 Å². The summed E-state index contributed by atoms with van der Waals surface area (Å²) in [5, 5.41) is 13.5. The van der Waals surface area contributed by atoms with Crippen LogP contribution in [0.2, 0.25) is 0 Å². The summed E-state index contributed by atoms with van der Waals surface area (Å²) < 4.78 is 5.47. The molecule has 142 valence electrons. The van der Waals surface area contributed by atoms with E-state index >= 15 is 0 Å². The van der Waals surface area contributed by atoms with Gasteiger partial charge < -0.3 is 15.0 Å². The number of likely N-dealkylation sites (N-methyl/N-ethyl adjacent to an activating group) is 1. The van der Waals surface area contributed by atoms with Gasteiger partial charge in [0.15, 0.2) is 6.10 Å². The number of amides is 2. The van der Waals surface area contributed by atoms with Crippen LogP contribution in [0.4, 0.5) is 11.4 Å². The first-order valence-electron chi connectivity index (χ1n) is 8.29. The highest BCUT2D eigenvalue weighted by Crippen LogP contribution is 2.20. The summed E-state index contributed by atoms with van der Waals surface area (Å²) in [6.07, 6.45) is -0.899. The fourth-order valence-electron chi connectivity index (χ4n) is 2.37. The number of non-ortho nitro benzene ring substituents is 1. The summed E-state index contributed by atoms with van der Waals surface area (Å²) in [6, 6.07) is 12.9. The first kappa shape index (κ1) is 19.9. The molecule has 1 N–H and O–H groups in total. The fourth-order valence-corrected chi connectivity index (χ4v) is 2.37. The van der Waals surface area contributed by atoms with E-state index in [1.54, 1.807) is 12.1 Å². The van der Waals surface area contributed by atoms with E-state index < -0.39 is 16.9 Å². The summed E-state index contributed by atoms with van der Waals surface area (Å²) in [4.78, 5) is 36.0. The smallest absolute Gasteiger partial charge is 0.273 e. The van der Waals surface area contributed by atoms with E-state index in [0.29, 0.717) is 5.69 Å². The quantitative estimate of drug-likeness (QED) is 0.596. The van der Waals surface area contributed by atoms with Crippen LogP contribution in [0.5, 0.6) is 5.75 Å². The van der Waals surface area contributed by atoms with Crippen LogP contribution in [0.15, 0.2) is 48.5 Å². The van der Waals surface area contributed by atoms with Gasteiger partial charge in [-0.05, 0) is 32.0 Å². The molecule has 0 saturated heterocycles. The number of nitro benzene ring substituents is 1. The number of rotatable bonds is 7. The second kappa shape index (κ2) is 8.79. The van der Waals surface area contributed by atoms with Crippen molar-refractivity contribution in [3.63, 3.8) is 0 Å². The first-order chi connectivity index (χ1) is 12.8. The van der Waals surface area contributed by atoms with E-state index in [2.05, 4.69) is 5.32 Å². The van der Waals surface area contributed by atoms with Gasteiger partial charge in [-0.15, -0.1) is 0 Å². The maximum absolute atomic E-state index is 12.4. The largest absolute Gasteiger partial charge is 0.481 e. The number of nitrogens with one attached hydrogen (secondary N) is 1. The van der Waals surface area contributed by atoms with Crippen LogP contribution in [0.3, 0.4) is 0 Å². The standard InChI is InChI=1S/C19H21N3O5/c1-13-7-9-15(10-8-13)20-18(23)12-21(3)19(24)14(2)27-17-6-4-5-16(11-17)22(25)26/h4-11,14H,12H2,1-3H3,(H,20,23)/t14-/m0/s1. The molecule has 2 aromatic carbocycles. The molecule has 0 heterocycles. The summed E-state index contributed by atoms with van der Waals surface area (Å²) >= 11 is 0. The molecule has 0 radical (unpaired) electrons. The number of hydrogen-bond acceptors (Lipinski definition) is 5. The number of aryl methyl sites for hydroxylation is 1. The van der Waals surface area contributed by atoms with Gasteiger partial charge in [0.05, 0.1) is 17.5 Å². The SMILES string of the molecule is Cc1ccc(NC(=O)CN(C)C(=O)[C@H](C)Oc2cccc([N+](=O)[O-])c2)cc1. The minimum absolute atomic E-state index is 0.127. The third-order valence-corrected chi connectivity index (χ3v) is 3.78. The Hall–Kier alpha value is -3.42. The van der Waals surface area contributed by atoms with Crippen LogP contribution in [0.25, 0.3) is 0 Å². The number of hydrogen-bond donors (Lipinski definition) is 1. The predicted octanol–water partition coefficient (Wildman–Crippen LogP) is 2.77. The molecule has 8 nitrogen and oxygen atoms in total. The van der Waals surface area contributed by atoms with E-state index in [4.69, 9.17) is 4.74 Å². The average molecular weight is 371 g/mol. The molecular weight excluding hydrogens is 350 g/mol. The number of carbonyl (C=O) groups excluding carboxylic acids is 2. The molecule has 27 heavy (non-hydrogen) atoms. The number of carbonyl (C=O) groups is 2. The number of ether oxygens (including phenoxy) is 1. The molecule has 8 heteroatoms. The van der Waals surface area contributed by atoms with Crippen molar-refractivity contribution in [1.29, 1.82) is 0 Å². The van der Waals surface area contributed by atoms with Crippen LogP contribution < -0.4 is 10.1 Å². The molecule has 0 spiro atoms. The maximum Gasteiger partial charge on any atom is 0.273 e. The molecular formula is C19H21N3O5. The lowest BCUT2D eigenvalue weighted by molar-refractivity contribution is -0.384. The van der Waals surface area contributed by atoms with Gasteiger partial charge >= 0.3 is 0 Å². The molecule has 0 aliphatic rings. The van der Waals surface area contributed by atoms with Gasteiger partial charge in [-0.25, -0.2) is 0 Å². The predicted molar refractivity (Wildman–Crippen MR) is 101 cm³/mol. The van der Waals surface area contributed by atoms with E-state index in [1.165, 1.54) is 43.1 Å². The lowest BCUT2D eigenvalue weighted by Gasteiger charge is -2.21. The normalized spacial score (nSPS) is 11.4. The fraction of sp³-hybridized carbons (Fsp3) is 0.263. The monoisotopic (exact) mass is 371 g/mol. The molecule has 2 aromatic rings. The lowest BCUT2D eigenvalue weighted by atomic mass is 10.2. The third kappa shape index (κ3) is 5.81. The van der Waals surface area contributed by atoms with Crippen molar-refractivity contribution in [3.05, 3.63) is 64.2 Å². The zero-order valence-corrected chi connectivity index (χ0v) is 15.3. The van der Waals surface area contributed by atoms with Crippen LogP contribution in [-0.2, 0) is 9.59 Å². The Balaban J connectivity index is 1.91. The maximum atomic E-state index is 12.4. The van der Waals surface area contributed by atoms with E-state index in [1.807, 2.05) is 19.1 Å². The minimum atomic E-state index is -0.899. The van der Waals surface area contributed by atoms with Gasteiger partial charge in [-0.3, -0.25) is 19.7 Å². The summed E-state index contributed by atoms with van der Waals surface area (Å²) in [5.74, 6) is -0.541. The highest BCUT2D eigenvalue weighted by Gasteiger charge is 2.21. The average Bonchev–Trinajstić information content (AvgIpc) is 2.63. The molecule has 0 saturated carbocycles. The van der Waals surface area contributed by atoms with E-state index in [9.17, 15) is 19.7 Å². The molecule has 0 unspecified atom stereocenters. The second-order valence-electron chi connectivity index (χ2n) is 6.12. The Kier molecular flexibility index (Phi) is 6.48. The van der Waals surface area contributed by atoms with Crippen molar-refractivity contribution in [2.75, 3.05) is 18.9 Å². The van der Waals surface area contributed by atoms with Gasteiger partial charge in [0, 0.05) is 18.8 Å². The molecule has 0 aromatic heterocycles. The number of anilines is 1. The second-order valence-corrected chi connectivity index (χ2v) is 6.12. The van der Waals surface area contributed by atoms with Crippen LogP contribution in [0, 0.1) is 17.0 Å². The zero-order chi connectivity index (χ0) is 20.0. The Labute approximate surface area is 156 Å². The van der Waals surface area contributed by atoms with Crippen molar-refractivity contribution in [1.82, 2.24) is 4.90 Å². The highest BCUT2D eigenvalue weighted by molar-refractivity contribution is 5.95. The van der Waals surface area contributed by atoms with Crippen LogP contribution >= 0.6 is 0 Å². The molecule has 2 amide bonds. The van der Waals surface area contributed by atoms with Gasteiger partial charge in [-0.1, -0.05) is 23.8 Å². The molecule has 0 bridgehead atoms. The van der Waals surface area contributed by atoms with E-state index in [0.717, 1.165) is 5.56 Å². The Bertz CT molecular complexity index is 835. The Morgan fingerprint density at radius 2 is 1.89 bits per heavy atom. The minimum Gasteiger partial charge on any atom is -0.481 e. The zero-order valence-electron chi connectivity index (χ0n) is 15.3. The van der Waals surface area contributed by atoms with Gasteiger partial charge in [-0.2, -0.15) is 0 Å². The molecule has 0 aliphatic carbocycles. The van der Waals surface area contributed by atoms with Gasteiger partial charge in [0.25, 0.3) is 11.6 Å². The number of nitrogens with zero attached hydrogens (tertiary/aromatic N) is 2. The number of nitro groups is 1. The van der Waals surface area contributed by atoms with Crippen LogP contribution in [-0.4, -0.2) is 41.3 Å². The van der Waals surface area contributed by atoms with Crippen molar-refractivity contribution >= 4 is 23.2 Å². The first-order valence-corrected chi connectivity index (χ1v) is 8.29. The van der Waals surface area contributed by atoms with Crippen molar-refractivity contribution in [2.24, 2.45) is 0 Å². The number of benzene rings is 2. The lowest BCUT2D eigenvalue weighted by Crippen LogP contribution is -2.41. The summed E-state index contributed by atoms with van der Waals surface area (Å²) in [7, 11) is 1.49. The van der Waals surface area contributed by atoms with Crippen molar-refractivity contribution in [3.8, 4) is 5.75 Å². The summed E-state index contributed by atoms with van der Waals surface area (Å²) in [5.41, 5.74) is 1.60. The molecule has 0 aliphatic heterocycles. The third-order valence-electron chi connectivity index (χ3n) is 3.78. The van der Waals surface area contributed by atoms with E-state index in [-0.39, 0.29) is 23.9 Å².